The van der Waals surface area contributed by atoms with E-state index < -0.39 is 5.69 Å². The topological polar surface area (TPSA) is 108 Å². The SMILES string of the molecule is CC(C)(C)c1coc([C@H]2CCCN2C(=O)c2n[nH]c(=O)[nH]2)n1. The van der Waals surface area contributed by atoms with Gasteiger partial charge < -0.3 is 9.32 Å². The first-order chi connectivity index (χ1) is 10.4. The van der Waals surface area contributed by atoms with Crippen LogP contribution in [0.4, 0.5) is 0 Å². The van der Waals surface area contributed by atoms with Crippen LogP contribution in [0.2, 0.25) is 0 Å². The number of hydrogen-bond donors (Lipinski definition) is 2. The van der Waals surface area contributed by atoms with Gasteiger partial charge in [-0.2, -0.15) is 0 Å². The third-order valence-electron chi connectivity index (χ3n) is 3.79. The maximum absolute atomic E-state index is 12.5. The zero-order valence-electron chi connectivity index (χ0n) is 12.8. The van der Waals surface area contributed by atoms with Crippen molar-refractivity contribution in [2.24, 2.45) is 0 Å². The summed E-state index contributed by atoms with van der Waals surface area (Å²) in [6.45, 7) is 6.76. The molecule has 1 fully saturated rings. The van der Waals surface area contributed by atoms with Gasteiger partial charge in [-0.15, -0.1) is 5.10 Å². The molecule has 0 unspecified atom stereocenters. The van der Waals surface area contributed by atoms with Crippen LogP contribution in [0.1, 0.15) is 61.9 Å². The summed E-state index contributed by atoms with van der Waals surface area (Å²) in [5.74, 6) is 0.226. The molecule has 0 spiro atoms. The lowest BCUT2D eigenvalue weighted by Crippen LogP contribution is -2.32. The molecule has 118 valence electrons. The number of nitrogens with one attached hydrogen (secondary N) is 2. The molecule has 3 rings (SSSR count). The van der Waals surface area contributed by atoms with E-state index in [0.717, 1.165) is 18.5 Å². The standard InChI is InChI=1S/C14H19N5O3/c1-14(2,3)9-7-22-11(15-9)8-5-4-6-19(8)12(20)10-16-13(21)18-17-10/h7-8H,4-6H2,1-3H3,(H2,16,17,18,21)/t8-/m1/s1. The van der Waals surface area contributed by atoms with Gasteiger partial charge in [0.2, 0.25) is 11.7 Å². The van der Waals surface area contributed by atoms with Crippen LogP contribution in [0, 0.1) is 0 Å². The molecular weight excluding hydrogens is 286 g/mol. The van der Waals surface area contributed by atoms with Gasteiger partial charge in [0.15, 0.2) is 0 Å². The molecule has 8 heteroatoms. The van der Waals surface area contributed by atoms with E-state index in [4.69, 9.17) is 4.42 Å². The Hall–Kier alpha value is -2.38. The van der Waals surface area contributed by atoms with E-state index in [2.05, 4.69) is 40.9 Å². The van der Waals surface area contributed by atoms with Crippen LogP contribution in [0.3, 0.4) is 0 Å². The zero-order chi connectivity index (χ0) is 15.9. The summed E-state index contributed by atoms with van der Waals surface area (Å²) < 4.78 is 5.59. The third kappa shape index (κ3) is 2.56. The van der Waals surface area contributed by atoms with E-state index in [9.17, 15) is 9.59 Å². The number of H-pyrrole nitrogens is 2. The molecule has 1 amide bonds. The molecule has 1 atom stereocenters. The fourth-order valence-corrected chi connectivity index (χ4v) is 2.56. The van der Waals surface area contributed by atoms with Crippen LogP contribution >= 0.6 is 0 Å². The number of aromatic amines is 2. The van der Waals surface area contributed by atoms with Crippen molar-refractivity contribution < 1.29 is 9.21 Å². The van der Waals surface area contributed by atoms with Crippen molar-refractivity contribution in [2.45, 2.75) is 45.1 Å². The number of amides is 1. The molecule has 2 N–H and O–H groups in total. The minimum atomic E-state index is -0.495. The van der Waals surface area contributed by atoms with E-state index >= 15 is 0 Å². The van der Waals surface area contributed by atoms with Crippen molar-refractivity contribution in [1.29, 1.82) is 0 Å². The van der Waals surface area contributed by atoms with Gasteiger partial charge in [0.05, 0.1) is 5.69 Å². The molecule has 1 aliphatic rings. The number of rotatable bonds is 2. The maximum Gasteiger partial charge on any atom is 0.341 e. The zero-order valence-corrected chi connectivity index (χ0v) is 12.8. The second kappa shape index (κ2) is 5.11. The van der Waals surface area contributed by atoms with Crippen molar-refractivity contribution >= 4 is 5.91 Å². The normalized spacial score (nSPS) is 18.9. The number of aromatic nitrogens is 4. The lowest BCUT2D eigenvalue weighted by atomic mass is 9.93. The number of nitrogens with zero attached hydrogens (tertiary/aromatic N) is 3. The maximum atomic E-state index is 12.5. The van der Waals surface area contributed by atoms with Gasteiger partial charge >= 0.3 is 5.69 Å². The Morgan fingerprint density at radius 3 is 2.82 bits per heavy atom. The molecule has 2 aromatic rings. The van der Waals surface area contributed by atoms with Crippen molar-refractivity contribution in [2.75, 3.05) is 6.54 Å². The lowest BCUT2D eigenvalue weighted by Gasteiger charge is -2.21. The molecule has 1 saturated heterocycles. The molecule has 1 aliphatic heterocycles. The average molecular weight is 305 g/mol. The monoisotopic (exact) mass is 305 g/mol. The molecular formula is C14H19N5O3. The van der Waals surface area contributed by atoms with Gasteiger partial charge in [0.25, 0.3) is 5.91 Å². The van der Waals surface area contributed by atoms with Crippen LogP contribution in [-0.2, 0) is 5.41 Å². The van der Waals surface area contributed by atoms with Crippen molar-refractivity contribution in [1.82, 2.24) is 25.1 Å². The quantitative estimate of drug-likeness (QED) is 0.871. The third-order valence-corrected chi connectivity index (χ3v) is 3.79. The van der Waals surface area contributed by atoms with Gasteiger partial charge in [-0.3, -0.25) is 9.78 Å². The Labute approximate surface area is 126 Å². The average Bonchev–Trinajstić information content (AvgIpc) is 3.16. The number of carbonyl (C=O) groups is 1. The smallest absolute Gasteiger partial charge is 0.341 e. The molecule has 0 radical (unpaired) electrons. The van der Waals surface area contributed by atoms with Crippen LogP contribution in [0.15, 0.2) is 15.5 Å². The highest BCUT2D eigenvalue weighted by atomic mass is 16.3. The molecule has 0 saturated carbocycles. The second-order valence-corrected chi connectivity index (χ2v) is 6.50. The first kappa shape index (κ1) is 14.6. The van der Waals surface area contributed by atoms with Crippen LogP contribution in [-0.4, -0.2) is 37.5 Å². The highest BCUT2D eigenvalue weighted by molar-refractivity contribution is 5.90. The van der Waals surface area contributed by atoms with E-state index in [1.807, 2.05) is 0 Å². The summed E-state index contributed by atoms with van der Waals surface area (Å²) >= 11 is 0. The van der Waals surface area contributed by atoms with Crippen molar-refractivity contribution in [3.8, 4) is 0 Å². The Bertz CT molecular complexity index is 736. The minimum absolute atomic E-state index is 0.0134. The molecule has 8 nitrogen and oxygen atoms in total. The lowest BCUT2D eigenvalue weighted by molar-refractivity contribution is 0.0703. The Kier molecular flexibility index (Phi) is 3.38. The predicted octanol–water partition coefficient (Wildman–Crippen LogP) is 1.36. The Morgan fingerprint density at radius 2 is 2.23 bits per heavy atom. The predicted molar refractivity (Wildman–Crippen MR) is 77.4 cm³/mol. The molecule has 2 aromatic heterocycles. The Balaban J connectivity index is 1.85. The molecule has 3 heterocycles. The van der Waals surface area contributed by atoms with E-state index in [1.54, 1.807) is 11.2 Å². The summed E-state index contributed by atoms with van der Waals surface area (Å²) in [5.41, 5.74) is 0.253. The first-order valence-electron chi connectivity index (χ1n) is 7.28. The molecule has 0 aliphatic carbocycles. The fourth-order valence-electron chi connectivity index (χ4n) is 2.56. The van der Waals surface area contributed by atoms with Gasteiger partial charge in [0.1, 0.15) is 12.3 Å². The first-order valence-corrected chi connectivity index (χ1v) is 7.28. The minimum Gasteiger partial charge on any atom is -0.446 e. The van der Waals surface area contributed by atoms with Crippen LogP contribution in [0.5, 0.6) is 0 Å². The van der Waals surface area contributed by atoms with Crippen molar-refractivity contribution in [3.63, 3.8) is 0 Å². The highest BCUT2D eigenvalue weighted by Crippen LogP contribution is 2.33. The van der Waals surface area contributed by atoms with Crippen LogP contribution in [0.25, 0.3) is 0 Å². The summed E-state index contributed by atoms with van der Waals surface area (Å²) in [5, 5.41) is 5.90. The number of hydrogen-bond acceptors (Lipinski definition) is 5. The number of carbonyl (C=O) groups excluding carboxylic acids is 1. The number of oxazole rings is 1. The highest BCUT2D eigenvalue weighted by Gasteiger charge is 2.35. The number of likely N-dealkylation sites (tertiary alicyclic amines) is 1. The summed E-state index contributed by atoms with van der Waals surface area (Å²) in [6.07, 6.45) is 3.29. The summed E-state index contributed by atoms with van der Waals surface area (Å²) in [6, 6.07) is -0.219. The van der Waals surface area contributed by atoms with E-state index in [-0.39, 0.29) is 23.2 Å². The molecule has 22 heavy (non-hydrogen) atoms. The van der Waals surface area contributed by atoms with Crippen LogP contribution < -0.4 is 5.69 Å². The van der Waals surface area contributed by atoms with Crippen molar-refractivity contribution in [3.05, 3.63) is 34.2 Å². The van der Waals surface area contributed by atoms with E-state index in [0.29, 0.717) is 12.4 Å². The summed E-state index contributed by atoms with van der Waals surface area (Å²) in [4.78, 5) is 32.1. The van der Waals surface area contributed by atoms with Gasteiger partial charge in [-0.1, -0.05) is 20.8 Å². The van der Waals surface area contributed by atoms with Gasteiger partial charge in [-0.25, -0.2) is 14.9 Å². The van der Waals surface area contributed by atoms with Gasteiger partial charge in [0, 0.05) is 12.0 Å². The summed E-state index contributed by atoms with van der Waals surface area (Å²) in [7, 11) is 0. The van der Waals surface area contributed by atoms with Gasteiger partial charge in [-0.05, 0) is 12.8 Å². The fraction of sp³-hybridized carbons (Fsp3) is 0.571. The molecule has 0 aromatic carbocycles. The second-order valence-electron chi connectivity index (χ2n) is 6.50. The molecule has 0 bridgehead atoms. The Morgan fingerprint density at radius 1 is 1.45 bits per heavy atom. The van der Waals surface area contributed by atoms with E-state index in [1.165, 1.54) is 0 Å². The largest absolute Gasteiger partial charge is 0.446 e.